The van der Waals surface area contributed by atoms with Gasteiger partial charge in [-0.3, -0.25) is 14.5 Å². The average molecular weight is 243 g/mol. The Morgan fingerprint density at radius 1 is 1.44 bits per heavy atom. The minimum absolute atomic E-state index is 0.320. The van der Waals surface area contributed by atoms with Crippen molar-refractivity contribution < 1.29 is 19.5 Å². The molecule has 0 aromatic carbocycles. The van der Waals surface area contributed by atoms with Gasteiger partial charge in [0, 0.05) is 5.03 Å². The Morgan fingerprint density at radius 2 is 2.06 bits per heavy atom. The molecule has 0 bridgehead atoms. The van der Waals surface area contributed by atoms with Gasteiger partial charge in [-0.1, -0.05) is 17.7 Å². The highest BCUT2D eigenvalue weighted by atomic mass is 35.5. The highest BCUT2D eigenvalue weighted by Gasteiger charge is 2.48. The van der Waals surface area contributed by atoms with Gasteiger partial charge in [0.1, 0.15) is 0 Å². The number of nitrogens with zero attached hydrogens (tertiary/aromatic N) is 1. The van der Waals surface area contributed by atoms with Crippen LogP contribution in [0.15, 0.2) is 11.1 Å². The molecule has 2 rings (SSSR count). The molecule has 6 heteroatoms. The fourth-order valence-electron chi connectivity index (χ4n) is 2.18. The van der Waals surface area contributed by atoms with Gasteiger partial charge in [0.15, 0.2) is 0 Å². The van der Waals surface area contributed by atoms with Crippen LogP contribution in [0.2, 0.25) is 0 Å². The Kier molecular flexibility index (Phi) is 2.71. The minimum atomic E-state index is -1.43. The van der Waals surface area contributed by atoms with Crippen LogP contribution in [-0.2, 0) is 14.4 Å². The summed E-state index contributed by atoms with van der Waals surface area (Å²) in [5, 5.41) is 11.0. The van der Waals surface area contributed by atoms with Crippen molar-refractivity contribution in [3.05, 3.63) is 11.1 Å². The predicted molar refractivity (Wildman–Crippen MR) is 51.9 cm³/mol. The average Bonchev–Trinajstić information content (AvgIpc) is 2.43. The van der Waals surface area contributed by atoms with Gasteiger partial charge >= 0.3 is 0 Å². The summed E-state index contributed by atoms with van der Waals surface area (Å²) < 4.78 is 0. The largest absolute Gasteiger partial charge is 0.548 e. The molecule has 16 heavy (non-hydrogen) atoms. The predicted octanol–water partition coefficient (Wildman–Crippen LogP) is -0.746. The van der Waals surface area contributed by atoms with E-state index in [2.05, 4.69) is 0 Å². The summed E-state index contributed by atoms with van der Waals surface area (Å²) in [5.74, 6) is -3.26. The second-order valence-corrected chi connectivity index (χ2v) is 4.42. The molecule has 1 fully saturated rings. The van der Waals surface area contributed by atoms with Crippen molar-refractivity contribution in [2.24, 2.45) is 11.8 Å². The molecule has 0 aromatic rings. The van der Waals surface area contributed by atoms with Crippen molar-refractivity contribution in [2.45, 2.75) is 12.8 Å². The Morgan fingerprint density at radius 3 is 2.69 bits per heavy atom. The zero-order valence-corrected chi connectivity index (χ0v) is 9.07. The Bertz CT molecular complexity index is 404. The van der Waals surface area contributed by atoms with Crippen molar-refractivity contribution in [2.75, 3.05) is 6.54 Å². The third-order valence-electron chi connectivity index (χ3n) is 2.95. The molecule has 2 aliphatic rings. The van der Waals surface area contributed by atoms with Gasteiger partial charge in [-0.15, -0.1) is 0 Å². The second kappa shape index (κ2) is 3.90. The third kappa shape index (κ3) is 1.71. The smallest absolute Gasteiger partial charge is 0.233 e. The van der Waals surface area contributed by atoms with E-state index in [1.54, 1.807) is 6.08 Å². The summed E-state index contributed by atoms with van der Waals surface area (Å²) in [6, 6.07) is 0. The van der Waals surface area contributed by atoms with Crippen LogP contribution in [0.5, 0.6) is 0 Å². The zero-order chi connectivity index (χ0) is 11.9. The molecule has 1 saturated heterocycles. The number of carbonyl (C=O) groups is 3. The maximum absolute atomic E-state index is 11.8. The monoisotopic (exact) mass is 242 g/mol. The molecular weight excluding hydrogens is 234 g/mol. The van der Waals surface area contributed by atoms with E-state index in [9.17, 15) is 19.5 Å². The molecule has 2 amide bonds. The SMILES string of the molecule is O=C([O-])CN1C(=O)[C@H]2CC=C(Cl)C[C@H]2C1=O. The van der Waals surface area contributed by atoms with Crippen molar-refractivity contribution >= 4 is 29.4 Å². The number of hydrogen-bond acceptors (Lipinski definition) is 4. The topological polar surface area (TPSA) is 77.5 Å². The lowest BCUT2D eigenvalue weighted by molar-refractivity contribution is -0.305. The molecule has 1 aliphatic carbocycles. The highest BCUT2D eigenvalue weighted by molar-refractivity contribution is 6.30. The van der Waals surface area contributed by atoms with Gasteiger partial charge in [-0.05, 0) is 12.8 Å². The van der Waals surface area contributed by atoms with Gasteiger partial charge in [-0.2, -0.15) is 0 Å². The zero-order valence-electron chi connectivity index (χ0n) is 8.31. The fraction of sp³-hybridized carbons (Fsp3) is 0.500. The number of halogens is 1. The minimum Gasteiger partial charge on any atom is -0.548 e. The van der Waals surface area contributed by atoms with Gasteiger partial charge < -0.3 is 9.90 Å². The number of carboxylic acids is 1. The quantitative estimate of drug-likeness (QED) is 0.597. The van der Waals surface area contributed by atoms with Crippen LogP contribution in [0.1, 0.15) is 12.8 Å². The Balaban J connectivity index is 2.21. The molecule has 0 radical (unpaired) electrons. The van der Waals surface area contributed by atoms with Crippen molar-refractivity contribution in [1.29, 1.82) is 0 Å². The number of carboxylic acid groups (broad SMARTS) is 1. The highest BCUT2D eigenvalue weighted by Crippen LogP contribution is 2.38. The first-order valence-electron chi connectivity index (χ1n) is 4.90. The summed E-state index contributed by atoms with van der Waals surface area (Å²) in [6.07, 6.45) is 2.42. The number of likely N-dealkylation sites (tertiary alicyclic amines) is 1. The van der Waals surface area contributed by atoms with E-state index in [0.29, 0.717) is 17.9 Å². The first-order valence-corrected chi connectivity index (χ1v) is 5.28. The molecule has 0 spiro atoms. The lowest BCUT2D eigenvalue weighted by Crippen LogP contribution is -2.41. The molecule has 0 unspecified atom stereocenters. The van der Waals surface area contributed by atoms with Crippen molar-refractivity contribution in [3.8, 4) is 0 Å². The molecule has 0 aromatic heterocycles. The second-order valence-electron chi connectivity index (χ2n) is 3.94. The maximum Gasteiger partial charge on any atom is 0.233 e. The standard InChI is InChI=1S/C10H10ClNO4/c11-5-1-2-6-7(3-5)10(16)12(9(6)15)4-8(13)14/h1,6-7H,2-4H2,(H,13,14)/p-1/t6-,7+/m0/s1. The molecule has 2 atom stereocenters. The van der Waals surface area contributed by atoms with Crippen molar-refractivity contribution in [3.63, 3.8) is 0 Å². The van der Waals surface area contributed by atoms with Gasteiger partial charge in [0.25, 0.3) is 0 Å². The van der Waals surface area contributed by atoms with Crippen LogP contribution >= 0.6 is 11.6 Å². The summed E-state index contributed by atoms with van der Waals surface area (Å²) in [4.78, 5) is 34.7. The van der Waals surface area contributed by atoms with Crippen molar-refractivity contribution in [1.82, 2.24) is 4.90 Å². The van der Waals surface area contributed by atoms with Gasteiger partial charge in [-0.25, -0.2) is 0 Å². The van der Waals surface area contributed by atoms with Crippen LogP contribution in [-0.4, -0.2) is 29.2 Å². The molecule has 1 heterocycles. The lowest BCUT2D eigenvalue weighted by Gasteiger charge is -2.17. The Hall–Kier alpha value is -1.36. The molecule has 86 valence electrons. The van der Waals surface area contributed by atoms with E-state index in [0.717, 1.165) is 4.90 Å². The first kappa shape index (κ1) is 11.1. The molecule has 1 aliphatic heterocycles. The number of fused-ring (bicyclic) bond motifs is 1. The molecule has 0 saturated carbocycles. The molecular formula is C10H9ClNO4-. The first-order chi connectivity index (χ1) is 7.50. The van der Waals surface area contributed by atoms with E-state index in [4.69, 9.17) is 11.6 Å². The van der Waals surface area contributed by atoms with E-state index < -0.39 is 36.2 Å². The summed E-state index contributed by atoms with van der Waals surface area (Å²) in [6.45, 7) is -0.664. The Labute approximate surface area is 96.7 Å². The van der Waals surface area contributed by atoms with Gasteiger partial charge in [0.2, 0.25) is 11.8 Å². The summed E-state index contributed by atoms with van der Waals surface area (Å²) in [5.41, 5.74) is 0. The molecule has 5 nitrogen and oxygen atoms in total. The van der Waals surface area contributed by atoms with Crippen LogP contribution in [0.25, 0.3) is 0 Å². The fourth-order valence-corrected chi connectivity index (χ4v) is 2.44. The number of carbonyl (C=O) groups excluding carboxylic acids is 3. The normalized spacial score (nSPS) is 29.1. The number of allylic oxidation sites excluding steroid dienone is 2. The number of amides is 2. The lowest BCUT2D eigenvalue weighted by atomic mass is 9.85. The van der Waals surface area contributed by atoms with Crippen LogP contribution in [0.4, 0.5) is 0 Å². The van der Waals surface area contributed by atoms with E-state index in [1.165, 1.54) is 0 Å². The third-order valence-corrected chi connectivity index (χ3v) is 3.26. The molecule has 0 N–H and O–H groups in total. The summed E-state index contributed by atoms with van der Waals surface area (Å²) in [7, 11) is 0. The number of imide groups is 1. The van der Waals surface area contributed by atoms with Crippen LogP contribution in [0, 0.1) is 11.8 Å². The van der Waals surface area contributed by atoms with Crippen LogP contribution < -0.4 is 5.11 Å². The van der Waals surface area contributed by atoms with E-state index in [-0.39, 0.29) is 0 Å². The maximum atomic E-state index is 11.8. The number of hydrogen-bond donors (Lipinski definition) is 0. The van der Waals surface area contributed by atoms with E-state index in [1.807, 2.05) is 0 Å². The number of rotatable bonds is 2. The summed E-state index contributed by atoms with van der Waals surface area (Å²) >= 11 is 5.80. The number of aliphatic carboxylic acids is 1. The van der Waals surface area contributed by atoms with E-state index >= 15 is 0 Å². The van der Waals surface area contributed by atoms with Crippen LogP contribution in [0.3, 0.4) is 0 Å². The van der Waals surface area contributed by atoms with Gasteiger partial charge in [0.05, 0.1) is 24.3 Å².